The van der Waals surface area contributed by atoms with Gasteiger partial charge in [0.25, 0.3) is 11.9 Å². The molecule has 16 heteroatoms. The monoisotopic (exact) mass is 612 g/mol. The van der Waals surface area contributed by atoms with E-state index in [0.29, 0.717) is 62.7 Å². The number of nitrogens with zero attached hydrogens (tertiary/aromatic N) is 10. The first-order valence-electron chi connectivity index (χ1n) is 13.0. The summed E-state index contributed by atoms with van der Waals surface area (Å²) in [5, 5.41) is 29.3. The number of aromatic nitrogens is 2. The molecule has 0 saturated carbocycles. The summed E-state index contributed by atoms with van der Waals surface area (Å²) in [7, 11) is 0. The maximum Gasteiger partial charge on any atom is 0.274 e. The van der Waals surface area contributed by atoms with Gasteiger partial charge >= 0.3 is 0 Å². The van der Waals surface area contributed by atoms with Crippen LogP contribution in [-0.4, -0.2) is 77.7 Å². The second kappa shape index (κ2) is 13.0. The summed E-state index contributed by atoms with van der Waals surface area (Å²) in [4.78, 5) is 38.2. The molecular weight excluding hydrogens is 587 g/mol. The van der Waals surface area contributed by atoms with Crippen molar-refractivity contribution in [2.24, 2.45) is 10.2 Å². The van der Waals surface area contributed by atoms with Gasteiger partial charge in [-0.15, -0.1) is 0 Å². The number of pyridine rings is 2. The lowest BCUT2D eigenvalue weighted by molar-refractivity contribution is -0.486. The van der Waals surface area contributed by atoms with Gasteiger partial charge in [0.05, 0.1) is 0 Å². The van der Waals surface area contributed by atoms with E-state index >= 15 is 0 Å². The van der Waals surface area contributed by atoms with E-state index in [0.717, 1.165) is 22.3 Å². The smallest absolute Gasteiger partial charge is 0.274 e. The van der Waals surface area contributed by atoms with Crippen molar-refractivity contribution in [2.45, 2.75) is 26.2 Å². The van der Waals surface area contributed by atoms with Gasteiger partial charge in [-0.25, -0.2) is 30.2 Å². The van der Waals surface area contributed by atoms with Crippen molar-refractivity contribution in [1.29, 1.82) is 0 Å². The normalized spacial score (nSPS) is 17.1. The minimum atomic E-state index is -0.684. The van der Waals surface area contributed by atoms with Gasteiger partial charge in [-0.05, 0) is 34.4 Å². The first kappa shape index (κ1) is 29.0. The van der Waals surface area contributed by atoms with Gasteiger partial charge in [-0.2, -0.15) is 0 Å². The number of halogens is 2. The van der Waals surface area contributed by atoms with Crippen molar-refractivity contribution in [3.05, 3.63) is 114 Å². The van der Waals surface area contributed by atoms with Crippen LogP contribution < -0.4 is 0 Å². The van der Waals surface area contributed by atoms with E-state index in [-0.39, 0.29) is 11.9 Å². The van der Waals surface area contributed by atoms with Crippen LogP contribution in [0.3, 0.4) is 0 Å². The number of nitro groups is 2. The Morgan fingerprint density at radius 3 is 1.19 bits per heavy atom. The molecule has 0 N–H and O–H groups in total. The third-order valence-corrected chi connectivity index (χ3v) is 7.29. The number of benzene rings is 1. The summed E-state index contributed by atoms with van der Waals surface area (Å²) < 4.78 is 0. The van der Waals surface area contributed by atoms with Crippen molar-refractivity contribution >= 4 is 35.1 Å². The summed E-state index contributed by atoms with van der Waals surface area (Å²) >= 11 is 11.8. The SMILES string of the molecule is O=[N+]([O-])/N=C1/N(Cc2ccc(CN3CCN(Cc4ccc(Cl)nc4)/C3=N/[N+](=O)[O-])cc2)CCN1Cc1ccc(Cl)nc1. The fraction of sp³-hybridized carbons (Fsp3) is 0.308. The van der Waals surface area contributed by atoms with Crippen molar-refractivity contribution in [3.8, 4) is 0 Å². The summed E-state index contributed by atoms with van der Waals surface area (Å²) in [5.74, 6) is 0.570. The molecule has 2 fully saturated rings. The standard InChI is InChI=1S/C26H26Cl2N10O4/c27-23-7-5-21(13-29-23)17-35-11-9-33(25(35)31-37(39)40)15-19-1-2-20(4-3-19)16-34-10-12-36(26(34)32-38(41)42)18-22-6-8-24(28)30-14-22/h1-8,13-14H,9-12,15-18H2/b31-25-,32-26+. The van der Waals surface area contributed by atoms with Gasteiger partial charge < -0.3 is 19.6 Å². The number of hydrogen-bond donors (Lipinski definition) is 0. The predicted molar refractivity (Wildman–Crippen MR) is 155 cm³/mol. The zero-order chi connectivity index (χ0) is 29.6. The lowest BCUT2D eigenvalue weighted by Crippen LogP contribution is -2.34. The second-order valence-electron chi connectivity index (χ2n) is 9.76. The van der Waals surface area contributed by atoms with Crippen molar-refractivity contribution in [1.82, 2.24) is 29.6 Å². The zero-order valence-corrected chi connectivity index (χ0v) is 23.8. The Hall–Kier alpha value is -4.56. The quantitative estimate of drug-likeness (QED) is 0.189. The van der Waals surface area contributed by atoms with Crippen LogP contribution >= 0.6 is 23.2 Å². The Morgan fingerprint density at radius 2 is 0.905 bits per heavy atom. The van der Waals surface area contributed by atoms with Gasteiger partial charge in [0, 0.05) is 64.8 Å². The highest BCUT2D eigenvalue weighted by Gasteiger charge is 2.31. The summed E-state index contributed by atoms with van der Waals surface area (Å²) in [6, 6.07) is 14.8. The molecule has 2 aliphatic heterocycles. The molecule has 0 bridgehead atoms. The molecule has 0 atom stereocenters. The Morgan fingerprint density at radius 1 is 0.595 bits per heavy atom. The highest BCUT2D eigenvalue weighted by atomic mass is 35.5. The van der Waals surface area contributed by atoms with Crippen LogP contribution in [0.15, 0.2) is 71.1 Å². The van der Waals surface area contributed by atoms with Crippen LogP contribution in [0.5, 0.6) is 0 Å². The molecule has 5 rings (SSSR count). The molecule has 2 aliphatic rings. The molecule has 218 valence electrons. The van der Waals surface area contributed by atoms with Crippen LogP contribution in [0.4, 0.5) is 0 Å². The predicted octanol–water partition coefficient (Wildman–Crippen LogP) is 3.51. The Balaban J connectivity index is 1.23. The summed E-state index contributed by atoms with van der Waals surface area (Å²) in [6.07, 6.45) is 3.29. The van der Waals surface area contributed by atoms with E-state index in [4.69, 9.17) is 23.2 Å². The fourth-order valence-corrected chi connectivity index (χ4v) is 5.14. The number of rotatable bonds is 10. The molecule has 0 radical (unpaired) electrons. The molecule has 2 aromatic heterocycles. The Bertz CT molecular complexity index is 1370. The molecule has 2 saturated heterocycles. The van der Waals surface area contributed by atoms with Gasteiger partial charge in [0.2, 0.25) is 0 Å². The minimum Gasteiger partial charge on any atom is -0.331 e. The maximum atomic E-state index is 11.3. The fourth-order valence-electron chi connectivity index (χ4n) is 4.91. The van der Waals surface area contributed by atoms with Crippen LogP contribution in [0.25, 0.3) is 0 Å². The molecule has 0 amide bonds. The van der Waals surface area contributed by atoms with Crippen molar-refractivity contribution in [3.63, 3.8) is 0 Å². The van der Waals surface area contributed by atoms with Crippen LogP contribution in [-0.2, 0) is 26.2 Å². The zero-order valence-electron chi connectivity index (χ0n) is 22.3. The molecular formula is C26H26Cl2N10O4. The Kier molecular flexibility index (Phi) is 8.93. The Labute approximate surface area is 250 Å². The van der Waals surface area contributed by atoms with E-state index in [1.165, 1.54) is 0 Å². The highest BCUT2D eigenvalue weighted by Crippen LogP contribution is 2.20. The minimum absolute atomic E-state index is 0.285. The topological polar surface area (TPSA) is 150 Å². The van der Waals surface area contributed by atoms with Gasteiger partial charge in [-0.3, -0.25) is 0 Å². The second-order valence-corrected chi connectivity index (χ2v) is 10.5. The largest absolute Gasteiger partial charge is 0.331 e. The maximum absolute atomic E-state index is 11.3. The molecule has 0 unspecified atom stereocenters. The first-order valence-corrected chi connectivity index (χ1v) is 13.7. The third-order valence-electron chi connectivity index (χ3n) is 6.85. The number of guanidine groups is 2. The molecule has 0 aliphatic carbocycles. The highest BCUT2D eigenvalue weighted by molar-refractivity contribution is 6.29. The van der Waals surface area contributed by atoms with Crippen LogP contribution in [0.1, 0.15) is 22.3 Å². The third kappa shape index (κ3) is 7.39. The lowest BCUT2D eigenvalue weighted by atomic mass is 10.1. The summed E-state index contributed by atoms with van der Waals surface area (Å²) in [5.41, 5.74) is 3.63. The van der Waals surface area contributed by atoms with E-state index in [9.17, 15) is 20.2 Å². The lowest BCUT2D eigenvalue weighted by Gasteiger charge is -2.22. The van der Waals surface area contributed by atoms with Gasteiger partial charge in [0.15, 0.2) is 10.1 Å². The average molecular weight is 613 g/mol. The van der Waals surface area contributed by atoms with Crippen molar-refractivity contribution in [2.75, 3.05) is 26.2 Å². The van der Waals surface area contributed by atoms with E-state index in [2.05, 4.69) is 20.2 Å². The molecule has 14 nitrogen and oxygen atoms in total. The number of hydrogen-bond acceptors (Lipinski definition) is 6. The summed E-state index contributed by atoms with van der Waals surface area (Å²) in [6.45, 7) is 3.99. The van der Waals surface area contributed by atoms with Gasteiger partial charge in [-0.1, -0.05) is 59.6 Å². The van der Waals surface area contributed by atoms with Crippen LogP contribution in [0, 0.1) is 20.2 Å². The van der Waals surface area contributed by atoms with Crippen LogP contribution in [0.2, 0.25) is 10.3 Å². The molecule has 0 spiro atoms. The number of hydrazone groups is 2. The van der Waals surface area contributed by atoms with Crippen molar-refractivity contribution < 1.29 is 10.1 Å². The first-order chi connectivity index (χ1) is 20.2. The molecule has 3 aromatic rings. The molecule has 1 aromatic carbocycles. The van der Waals surface area contributed by atoms with E-state index in [1.54, 1.807) is 24.5 Å². The van der Waals surface area contributed by atoms with E-state index in [1.807, 2.05) is 56.0 Å². The molecule has 4 heterocycles. The van der Waals surface area contributed by atoms with Gasteiger partial charge in [0.1, 0.15) is 20.5 Å². The molecule has 42 heavy (non-hydrogen) atoms. The van der Waals surface area contributed by atoms with E-state index < -0.39 is 10.1 Å². The average Bonchev–Trinajstić information content (AvgIpc) is 3.50.